The Morgan fingerprint density at radius 2 is 1.86 bits per heavy atom. The molecule has 2 unspecified atom stereocenters. The van der Waals surface area contributed by atoms with Crippen LogP contribution < -0.4 is 0 Å². The second-order valence-electron chi connectivity index (χ2n) is 6.26. The zero-order valence-electron chi connectivity index (χ0n) is 13.5. The van der Waals surface area contributed by atoms with Crippen molar-refractivity contribution >= 4 is 11.9 Å². The van der Waals surface area contributed by atoms with Crippen LogP contribution in [0.4, 0.5) is 0 Å². The lowest BCUT2D eigenvalue weighted by molar-refractivity contribution is -0.147. The fourth-order valence-electron chi connectivity index (χ4n) is 2.76. The maximum absolute atomic E-state index is 12.3. The molecule has 1 aromatic rings. The lowest BCUT2D eigenvalue weighted by Crippen LogP contribution is -2.10. The van der Waals surface area contributed by atoms with Gasteiger partial charge in [0.05, 0.1) is 13.0 Å². The average molecular weight is 302 g/mol. The fraction of sp³-hybridized carbons (Fsp3) is 0.444. The van der Waals surface area contributed by atoms with Gasteiger partial charge in [0, 0.05) is 5.57 Å². The lowest BCUT2D eigenvalue weighted by atomic mass is 10.1. The number of hydrogen-bond donors (Lipinski definition) is 0. The summed E-state index contributed by atoms with van der Waals surface area (Å²) in [6.07, 6.45) is 1.82. The number of benzene rings is 1. The topological polar surface area (TPSA) is 52.6 Å². The molecule has 0 radical (unpaired) electrons. The largest absolute Gasteiger partial charge is 0.466 e. The molecule has 1 saturated carbocycles. The average Bonchev–Trinajstić information content (AvgIpc) is 3.05. The maximum atomic E-state index is 12.3. The molecule has 1 fully saturated rings. The highest BCUT2D eigenvalue weighted by Gasteiger charge is 2.61. The van der Waals surface area contributed by atoms with Crippen molar-refractivity contribution in [2.24, 2.45) is 17.3 Å². The molecule has 0 heterocycles. The van der Waals surface area contributed by atoms with Crippen LogP contribution in [0.5, 0.6) is 0 Å². The third-order valence-electron chi connectivity index (χ3n) is 4.33. The van der Waals surface area contributed by atoms with Gasteiger partial charge in [-0.2, -0.15) is 0 Å². The normalized spacial score (nSPS) is 22.8. The quantitative estimate of drug-likeness (QED) is 0.619. The summed E-state index contributed by atoms with van der Waals surface area (Å²) in [5.41, 5.74) is 1.30. The minimum atomic E-state index is -0.362. The van der Waals surface area contributed by atoms with Crippen LogP contribution in [0.3, 0.4) is 0 Å². The van der Waals surface area contributed by atoms with Crippen LogP contribution in [0.25, 0.3) is 0 Å². The van der Waals surface area contributed by atoms with Gasteiger partial charge in [-0.25, -0.2) is 4.79 Å². The molecule has 0 aromatic heterocycles. The van der Waals surface area contributed by atoms with E-state index < -0.39 is 0 Å². The first-order valence-corrected chi connectivity index (χ1v) is 7.35. The molecule has 0 aliphatic heterocycles. The van der Waals surface area contributed by atoms with Crippen LogP contribution in [0, 0.1) is 17.3 Å². The number of rotatable bonds is 5. The third-order valence-corrected chi connectivity index (χ3v) is 4.33. The van der Waals surface area contributed by atoms with Crippen LogP contribution in [0.2, 0.25) is 0 Å². The lowest BCUT2D eigenvalue weighted by Gasteiger charge is -2.05. The van der Waals surface area contributed by atoms with Crippen molar-refractivity contribution in [3.05, 3.63) is 47.5 Å². The van der Waals surface area contributed by atoms with E-state index >= 15 is 0 Å². The second-order valence-corrected chi connectivity index (χ2v) is 6.26. The Morgan fingerprint density at radius 3 is 2.45 bits per heavy atom. The zero-order valence-corrected chi connectivity index (χ0v) is 13.5. The number of esters is 2. The van der Waals surface area contributed by atoms with Gasteiger partial charge in [0.25, 0.3) is 0 Å². The molecular formula is C18H22O4. The van der Waals surface area contributed by atoms with E-state index in [1.807, 2.05) is 50.3 Å². The van der Waals surface area contributed by atoms with Crippen molar-refractivity contribution in [3.63, 3.8) is 0 Å². The van der Waals surface area contributed by atoms with E-state index in [0.29, 0.717) is 5.57 Å². The highest BCUT2D eigenvalue weighted by Crippen LogP contribution is 2.59. The van der Waals surface area contributed by atoms with Crippen LogP contribution in [-0.4, -0.2) is 19.0 Å². The third kappa shape index (κ3) is 3.38. The number of ether oxygens (including phenoxy) is 2. The molecule has 0 N–H and O–H groups in total. The molecule has 1 aliphatic carbocycles. The zero-order chi connectivity index (χ0) is 16.3. The molecule has 1 aliphatic rings. The predicted molar refractivity (Wildman–Crippen MR) is 82.8 cm³/mol. The van der Waals surface area contributed by atoms with Gasteiger partial charge in [0.15, 0.2) is 0 Å². The summed E-state index contributed by atoms with van der Waals surface area (Å²) in [6.45, 7) is 5.99. The highest BCUT2D eigenvalue weighted by atomic mass is 16.5. The summed E-state index contributed by atoms with van der Waals surface area (Å²) >= 11 is 0. The Bertz CT molecular complexity index is 586. The van der Waals surface area contributed by atoms with Crippen LogP contribution in [0.15, 0.2) is 42.0 Å². The van der Waals surface area contributed by atoms with E-state index in [-0.39, 0.29) is 35.8 Å². The number of hydrogen-bond acceptors (Lipinski definition) is 4. The van der Waals surface area contributed by atoms with Gasteiger partial charge in [-0.1, -0.05) is 50.3 Å². The Kier molecular flexibility index (Phi) is 4.69. The molecular weight excluding hydrogens is 280 g/mol. The molecule has 0 bridgehead atoms. The summed E-state index contributed by atoms with van der Waals surface area (Å²) in [5, 5.41) is 0. The van der Waals surface area contributed by atoms with Crippen molar-refractivity contribution < 1.29 is 19.1 Å². The molecule has 0 spiro atoms. The predicted octanol–water partition coefficient (Wildman–Crippen LogP) is 3.12. The Balaban J connectivity index is 1.97. The number of allylic oxidation sites excluding steroid dienone is 1. The van der Waals surface area contributed by atoms with Gasteiger partial charge in [-0.3, -0.25) is 4.79 Å². The first-order chi connectivity index (χ1) is 10.4. The van der Waals surface area contributed by atoms with Crippen molar-refractivity contribution in [1.29, 1.82) is 0 Å². The van der Waals surface area contributed by atoms with Crippen molar-refractivity contribution in [3.8, 4) is 0 Å². The number of methoxy groups -OCH3 is 1. The minimum absolute atomic E-state index is 0.00914. The smallest absolute Gasteiger partial charge is 0.333 e. The van der Waals surface area contributed by atoms with Crippen LogP contribution in [-0.2, 0) is 25.7 Å². The van der Waals surface area contributed by atoms with Crippen LogP contribution >= 0.6 is 0 Å². The van der Waals surface area contributed by atoms with Crippen LogP contribution in [0.1, 0.15) is 26.3 Å². The first-order valence-electron chi connectivity index (χ1n) is 7.35. The molecule has 0 amide bonds. The standard InChI is InChI=1S/C18H22O4/c1-12(16(19)21-4)10-14-15(18(14,2)3)17(20)22-11-13-8-6-5-7-9-13/h5-10,14-15H,11H2,1-4H3/b12-10-. The summed E-state index contributed by atoms with van der Waals surface area (Å²) in [6, 6.07) is 9.59. The Hall–Kier alpha value is -2.10. The van der Waals surface area contributed by atoms with Gasteiger partial charge in [0.1, 0.15) is 6.61 Å². The van der Waals surface area contributed by atoms with Crippen molar-refractivity contribution in [1.82, 2.24) is 0 Å². The summed E-state index contributed by atoms with van der Waals surface area (Å²) in [5.74, 6) is -0.780. The van der Waals surface area contributed by atoms with Crippen molar-refractivity contribution in [2.45, 2.75) is 27.4 Å². The van der Waals surface area contributed by atoms with E-state index in [2.05, 4.69) is 4.74 Å². The van der Waals surface area contributed by atoms with E-state index in [9.17, 15) is 9.59 Å². The molecule has 4 heteroatoms. The second kappa shape index (κ2) is 6.34. The fourth-order valence-corrected chi connectivity index (χ4v) is 2.76. The first kappa shape index (κ1) is 16.3. The maximum Gasteiger partial charge on any atom is 0.333 e. The molecule has 2 atom stereocenters. The van der Waals surface area contributed by atoms with Gasteiger partial charge in [-0.05, 0) is 23.8 Å². The van der Waals surface area contributed by atoms with Crippen molar-refractivity contribution in [2.75, 3.05) is 7.11 Å². The molecule has 2 rings (SSSR count). The monoisotopic (exact) mass is 302 g/mol. The molecule has 118 valence electrons. The van der Waals surface area contributed by atoms with E-state index in [4.69, 9.17) is 4.74 Å². The van der Waals surface area contributed by atoms with Gasteiger partial charge in [0.2, 0.25) is 0 Å². The molecule has 22 heavy (non-hydrogen) atoms. The van der Waals surface area contributed by atoms with Gasteiger partial charge >= 0.3 is 11.9 Å². The Morgan fingerprint density at radius 1 is 1.23 bits per heavy atom. The van der Waals surface area contributed by atoms with E-state index in [0.717, 1.165) is 5.56 Å². The molecule has 4 nitrogen and oxygen atoms in total. The Labute approximate surface area is 131 Å². The highest BCUT2D eigenvalue weighted by molar-refractivity contribution is 5.88. The van der Waals surface area contributed by atoms with E-state index in [1.165, 1.54) is 7.11 Å². The summed E-state index contributed by atoms with van der Waals surface area (Å²) in [7, 11) is 1.35. The summed E-state index contributed by atoms with van der Waals surface area (Å²) < 4.78 is 10.1. The number of carbonyl (C=O) groups excluding carboxylic acids is 2. The SMILES string of the molecule is COC(=O)/C(C)=C\C1C(C(=O)OCc2ccccc2)C1(C)C. The minimum Gasteiger partial charge on any atom is -0.466 e. The van der Waals surface area contributed by atoms with Gasteiger partial charge in [-0.15, -0.1) is 0 Å². The van der Waals surface area contributed by atoms with E-state index in [1.54, 1.807) is 6.92 Å². The molecule has 0 saturated heterocycles. The summed E-state index contributed by atoms with van der Waals surface area (Å²) in [4.78, 5) is 23.7. The molecule has 1 aromatic carbocycles. The van der Waals surface area contributed by atoms with Gasteiger partial charge < -0.3 is 9.47 Å². The number of carbonyl (C=O) groups is 2.